The average molecular weight is 273 g/mol. The Bertz CT molecular complexity index is 252. The van der Waals surface area contributed by atoms with Gasteiger partial charge in [-0.25, -0.2) is 0 Å². The maximum Gasteiger partial charge on any atom is 0.305 e. The van der Waals surface area contributed by atoms with Gasteiger partial charge in [-0.3, -0.25) is 4.79 Å². The van der Waals surface area contributed by atoms with Gasteiger partial charge in [0.25, 0.3) is 0 Å². The van der Waals surface area contributed by atoms with Gasteiger partial charge >= 0.3 is 5.97 Å². The number of methoxy groups -OCH3 is 1. The summed E-state index contributed by atoms with van der Waals surface area (Å²) in [5, 5.41) is 0. The molecule has 4 nitrogen and oxygen atoms in total. The van der Waals surface area contributed by atoms with Crippen molar-refractivity contribution in [2.45, 2.75) is 59.0 Å². The summed E-state index contributed by atoms with van der Waals surface area (Å²) in [6.07, 6.45) is 3.03. The summed E-state index contributed by atoms with van der Waals surface area (Å²) >= 11 is 0. The molecule has 0 aliphatic heterocycles. The largest absolute Gasteiger partial charge is 0.466 e. The summed E-state index contributed by atoms with van der Waals surface area (Å²) in [6.45, 7) is 9.41. The van der Waals surface area contributed by atoms with Crippen LogP contribution < -0.4 is 5.73 Å². The first-order valence-corrected chi connectivity index (χ1v) is 7.23. The van der Waals surface area contributed by atoms with E-state index in [4.69, 9.17) is 15.2 Å². The second-order valence-corrected chi connectivity index (χ2v) is 6.05. The Morgan fingerprint density at radius 1 is 1.26 bits per heavy atom. The lowest BCUT2D eigenvalue weighted by Crippen LogP contribution is -2.25. The smallest absolute Gasteiger partial charge is 0.305 e. The molecule has 0 aromatic carbocycles. The van der Waals surface area contributed by atoms with Gasteiger partial charge in [0, 0.05) is 20.0 Å². The van der Waals surface area contributed by atoms with Crippen molar-refractivity contribution in [3.05, 3.63) is 0 Å². The number of nitrogens with two attached hydrogens (primary N) is 1. The van der Waals surface area contributed by atoms with Gasteiger partial charge in [-0.2, -0.15) is 0 Å². The van der Waals surface area contributed by atoms with Crippen molar-refractivity contribution < 1.29 is 14.3 Å². The molecule has 0 radical (unpaired) electrons. The van der Waals surface area contributed by atoms with Crippen LogP contribution in [0.4, 0.5) is 0 Å². The number of carbonyl (C=O) groups is 1. The maximum atomic E-state index is 11.7. The summed E-state index contributed by atoms with van der Waals surface area (Å²) in [6, 6.07) is 0. The molecule has 0 aromatic rings. The Hall–Kier alpha value is -0.610. The van der Waals surface area contributed by atoms with Crippen molar-refractivity contribution in [1.29, 1.82) is 0 Å². The fraction of sp³-hybridized carbons (Fsp3) is 0.933. The fourth-order valence-corrected chi connectivity index (χ4v) is 1.91. The van der Waals surface area contributed by atoms with Crippen LogP contribution in [0.25, 0.3) is 0 Å². The average Bonchev–Trinajstić information content (AvgIpc) is 2.33. The maximum absolute atomic E-state index is 11.7. The number of carbonyl (C=O) groups excluding carboxylic acids is 1. The van der Waals surface area contributed by atoms with Crippen LogP contribution in [-0.4, -0.2) is 31.8 Å². The number of ether oxygens (including phenoxy) is 2. The fourth-order valence-electron chi connectivity index (χ4n) is 1.91. The molecular weight excluding hydrogens is 242 g/mol. The molecule has 2 N–H and O–H groups in total. The molecule has 0 aliphatic carbocycles. The third kappa shape index (κ3) is 9.00. The van der Waals surface area contributed by atoms with E-state index in [9.17, 15) is 4.79 Å². The number of esters is 1. The first-order chi connectivity index (χ1) is 8.82. The molecule has 0 bridgehead atoms. The molecule has 0 saturated heterocycles. The van der Waals surface area contributed by atoms with Crippen molar-refractivity contribution in [1.82, 2.24) is 0 Å². The molecule has 0 aromatic heterocycles. The van der Waals surface area contributed by atoms with Crippen LogP contribution >= 0.6 is 0 Å². The van der Waals surface area contributed by atoms with E-state index in [0.717, 1.165) is 12.8 Å². The highest BCUT2D eigenvalue weighted by Crippen LogP contribution is 2.20. The summed E-state index contributed by atoms with van der Waals surface area (Å²) in [7, 11) is 1.67. The van der Waals surface area contributed by atoms with E-state index in [1.54, 1.807) is 7.11 Å². The highest BCUT2D eigenvalue weighted by molar-refractivity contribution is 5.69. The van der Waals surface area contributed by atoms with Crippen LogP contribution in [0, 0.1) is 11.8 Å². The Kier molecular flexibility index (Phi) is 9.02. The second-order valence-electron chi connectivity index (χ2n) is 6.05. The molecule has 1 unspecified atom stereocenters. The molecule has 0 heterocycles. The van der Waals surface area contributed by atoms with Gasteiger partial charge in [0.2, 0.25) is 0 Å². The third-order valence-electron chi connectivity index (χ3n) is 3.72. The van der Waals surface area contributed by atoms with Gasteiger partial charge in [-0.15, -0.1) is 0 Å². The lowest BCUT2D eigenvalue weighted by Gasteiger charge is -2.22. The molecule has 0 amide bonds. The minimum atomic E-state index is -0.236. The lowest BCUT2D eigenvalue weighted by molar-refractivity contribution is -0.145. The topological polar surface area (TPSA) is 61.5 Å². The molecular formula is C15H31NO3. The monoisotopic (exact) mass is 273 g/mol. The molecule has 1 atom stereocenters. The Labute approximate surface area is 118 Å². The zero-order valence-corrected chi connectivity index (χ0v) is 13.2. The summed E-state index contributed by atoms with van der Waals surface area (Å²) in [4.78, 5) is 11.7. The zero-order valence-electron chi connectivity index (χ0n) is 13.2. The van der Waals surface area contributed by atoms with Crippen molar-refractivity contribution in [2.75, 3.05) is 20.3 Å². The molecule has 19 heavy (non-hydrogen) atoms. The van der Waals surface area contributed by atoms with Crippen LogP contribution in [0.3, 0.4) is 0 Å². The van der Waals surface area contributed by atoms with E-state index in [-0.39, 0.29) is 11.6 Å². The predicted molar refractivity (Wildman–Crippen MR) is 77.9 cm³/mol. The van der Waals surface area contributed by atoms with E-state index >= 15 is 0 Å². The van der Waals surface area contributed by atoms with Gasteiger partial charge in [-0.1, -0.05) is 13.8 Å². The van der Waals surface area contributed by atoms with E-state index < -0.39 is 0 Å². The summed E-state index contributed by atoms with van der Waals surface area (Å²) in [5.74, 6) is 0.950. The van der Waals surface area contributed by atoms with Crippen LogP contribution in [0.2, 0.25) is 0 Å². The van der Waals surface area contributed by atoms with Crippen molar-refractivity contribution >= 4 is 5.97 Å². The molecule has 0 saturated carbocycles. The van der Waals surface area contributed by atoms with E-state index in [0.29, 0.717) is 37.8 Å². The van der Waals surface area contributed by atoms with Gasteiger partial charge in [0.15, 0.2) is 0 Å². The molecule has 4 heteroatoms. The van der Waals surface area contributed by atoms with E-state index in [1.807, 2.05) is 13.8 Å². The molecule has 0 fully saturated rings. The SMILES string of the molecule is COC(C)(C)CCOC(=O)CCC(CCN)C(C)C. The molecule has 0 aliphatic rings. The Morgan fingerprint density at radius 2 is 1.89 bits per heavy atom. The summed E-state index contributed by atoms with van der Waals surface area (Å²) in [5.41, 5.74) is 5.35. The van der Waals surface area contributed by atoms with Gasteiger partial charge < -0.3 is 15.2 Å². The minimum absolute atomic E-state index is 0.116. The molecule has 0 rings (SSSR count). The van der Waals surface area contributed by atoms with Crippen molar-refractivity contribution in [3.8, 4) is 0 Å². The number of hydrogen-bond acceptors (Lipinski definition) is 4. The van der Waals surface area contributed by atoms with Crippen molar-refractivity contribution in [2.24, 2.45) is 17.6 Å². The van der Waals surface area contributed by atoms with Crippen molar-refractivity contribution in [3.63, 3.8) is 0 Å². The van der Waals surface area contributed by atoms with Crippen LogP contribution in [-0.2, 0) is 14.3 Å². The van der Waals surface area contributed by atoms with E-state index in [1.165, 1.54) is 0 Å². The second kappa shape index (κ2) is 9.32. The van der Waals surface area contributed by atoms with Crippen LogP contribution in [0.1, 0.15) is 53.4 Å². The zero-order chi connectivity index (χ0) is 14.9. The molecule has 0 spiro atoms. The third-order valence-corrected chi connectivity index (χ3v) is 3.72. The summed E-state index contributed by atoms with van der Waals surface area (Å²) < 4.78 is 10.5. The van der Waals surface area contributed by atoms with E-state index in [2.05, 4.69) is 13.8 Å². The van der Waals surface area contributed by atoms with Crippen LogP contribution in [0.5, 0.6) is 0 Å². The highest BCUT2D eigenvalue weighted by atomic mass is 16.5. The predicted octanol–water partition coefficient (Wildman–Crippen LogP) is 2.75. The lowest BCUT2D eigenvalue weighted by atomic mass is 9.88. The molecule has 114 valence electrons. The van der Waals surface area contributed by atoms with Crippen LogP contribution in [0.15, 0.2) is 0 Å². The Morgan fingerprint density at radius 3 is 2.37 bits per heavy atom. The number of rotatable bonds is 10. The minimum Gasteiger partial charge on any atom is -0.466 e. The normalized spacial score (nSPS) is 13.6. The number of hydrogen-bond donors (Lipinski definition) is 1. The standard InChI is InChI=1S/C15H31NO3/c1-12(2)13(8-10-16)6-7-14(17)19-11-9-15(3,4)18-5/h12-13H,6-11,16H2,1-5H3. The highest BCUT2D eigenvalue weighted by Gasteiger charge is 2.18. The first kappa shape index (κ1) is 18.4. The Balaban J connectivity index is 3.86. The van der Waals surface area contributed by atoms with Gasteiger partial charge in [0.05, 0.1) is 12.2 Å². The van der Waals surface area contributed by atoms with Gasteiger partial charge in [0.1, 0.15) is 0 Å². The quantitative estimate of drug-likeness (QED) is 0.622. The first-order valence-electron chi connectivity index (χ1n) is 7.23. The van der Waals surface area contributed by atoms with Gasteiger partial charge in [-0.05, 0) is 45.1 Å².